The van der Waals surface area contributed by atoms with Crippen LogP contribution >= 0.6 is 0 Å². The quantitative estimate of drug-likeness (QED) is 0.778. The van der Waals surface area contributed by atoms with E-state index < -0.39 is 0 Å². The zero-order valence-corrected chi connectivity index (χ0v) is 10.5. The highest BCUT2D eigenvalue weighted by atomic mass is 16.5. The summed E-state index contributed by atoms with van der Waals surface area (Å²) >= 11 is 0. The van der Waals surface area contributed by atoms with E-state index in [0.29, 0.717) is 0 Å². The van der Waals surface area contributed by atoms with Gasteiger partial charge in [0.25, 0.3) is 0 Å². The number of fused-ring (bicyclic) bond motifs is 1. The number of hydrogen-bond donors (Lipinski definition) is 1. The minimum atomic E-state index is 0.787. The van der Waals surface area contributed by atoms with Crippen molar-refractivity contribution in [2.45, 2.75) is 6.92 Å². The Labute approximate surface area is 106 Å². The molecule has 1 saturated heterocycles. The molecule has 3 rings (SSSR count). The van der Waals surface area contributed by atoms with Crippen molar-refractivity contribution >= 4 is 22.1 Å². The van der Waals surface area contributed by atoms with Crippen molar-refractivity contribution in [3.05, 3.63) is 30.1 Å². The van der Waals surface area contributed by atoms with E-state index in [-0.39, 0.29) is 0 Å². The van der Waals surface area contributed by atoms with Crippen molar-refractivity contribution < 1.29 is 4.74 Å². The molecule has 2 heterocycles. The zero-order chi connectivity index (χ0) is 12.5. The second-order valence-corrected chi connectivity index (χ2v) is 4.64. The molecule has 0 radical (unpaired) electrons. The van der Waals surface area contributed by atoms with E-state index in [1.807, 2.05) is 19.2 Å². The minimum Gasteiger partial charge on any atom is -0.398 e. The van der Waals surface area contributed by atoms with E-state index in [9.17, 15) is 0 Å². The molecule has 1 aliphatic rings. The Morgan fingerprint density at radius 1 is 1.22 bits per heavy atom. The van der Waals surface area contributed by atoms with Crippen LogP contribution in [0.15, 0.2) is 24.4 Å². The van der Waals surface area contributed by atoms with Crippen LogP contribution < -0.4 is 10.6 Å². The van der Waals surface area contributed by atoms with Gasteiger partial charge < -0.3 is 15.4 Å². The number of aryl methyl sites for hydroxylation is 1. The normalized spacial score (nSPS) is 16.2. The lowest BCUT2D eigenvalue weighted by Gasteiger charge is -2.30. The predicted molar refractivity (Wildman–Crippen MR) is 73.9 cm³/mol. The van der Waals surface area contributed by atoms with Crippen molar-refractivity contribution in [1.29, 1.82) is 0 Å². The average Bonchev–Trinajstić information content (AvgIpc) is 2.40. The molecule has 1 aliphatic heterocycles. The molecule has 18 heavy (non-hydrogen) atoms. The van der Waals surface area contributed by atoms with Crippen LogP contribution in [0.1, 0.15) is 5.69 Å². The van der Waals surface area contributed by atoms with E-state index in [1.165, 1.54) is 11.1 Å². The number of hydrogen-bond acceptors (Lipinski definition) is 4. The smallest absolute Gasteiger partial charge is 0.0642 e. The van der Waals surface area contributed by atoms with Crippen molar-refractivity contribution in [3.63, 3.8) is 0 Å². The second kappa shape index (κ2) is 4.46. The maximum absolute atomic E-state index is 6.02. The first-order valence-corrected chi connectivity index (χ1v) is 6.23. The lowest BCUT2D eigenvalue weighted by Crippen LogP contribution is -2.36. The molecule has 0 amide bonds. The van der Waals surface area contributed by atoms with Gasteiger partial charge in [-0.25, -0.2) is 0 Å². The molecule has 1 fully saturated rings. The van der Waals surface area contributed by atoms with Crippen LogP contribution in [-0.4, -0.2) is 31.3 Å². The van der Waals surface area contributed by atoms with Gasteiger partial charge >= 0.3 is 0 Å². The summed E-state index contributed by atoms with van der Waals surface area (Å²) in [4.78, 5) is 6.68. The van der Waals surface area contributed by atoms with Gasteiger partial charge in [-0.15, -0.1) is 0 Å². The monoisotopic (exact) mass is 243 g/mol. The van der Waals surface area contributed by atoms with E-state index in [4.69, 9.17) is 10.5 Å². The Balaban J connectivity index is 2.16. The summed E-state index contributed by atoms with van der Waals surface area (Å²) in [6.07, 6.45) is 1.87. The second-order valence-electron chi connectivity index (χ2n) is 4.64. The number of ether oxygens (including phenoxy) is 1. The van der Waals surface area contributed by atoms with Gasteiger partial charge in [0.1, 0.15) is 0 Å². The molecule has 1 aromatic heterocycles. The maximum atomic E-state index is 6.02. The molecule has 0 spiro atoms. The molecule has 0 saturated carbocycles. The number of aromatic nitrogens is 1. The molecule has 4 nitrogen and oxygen atoms in total. The molecule has 2 N–H and O–H groups in total. The lowest BCUT2D eigenvalue weighted by atomic mass is 10.1. The lowest BCUT2D eigenvalue weighted by molar-refractivity contribution is 0.123. The molecule has 2 aromatic rings. The van der Waals surface area contributed by atoms with Gasteiger partial charge in [-0.05, 0) is 25.1 Å². The van der Waals surface area contributed by atoms with Crippen molar-refractivity contribution in [2.24, 2.45) is 0 Å². The Hall–Kier alpha value is -1.81. The van der Waals surface area contributed by atoms with Gasteiger partial charge in [0.05, 0.1) is 13.2 Å². The van der Waals surface area contributed by atoms with Gasteiger partial charge in [-0.2, -0.15) is 0 Å². The Kier molecular flexibility index (Phi) is 2.80. The van der Waals surface area contributed by atoms with Crippen molar-refractivity contribution in [1.82, 2.24) is 4.98 Å². The third-order valence-corrected chi connectivity index (χ3v) is 3.40. The molecular weight excluding hydrogens is 226 g/mol. The highest BCUT2D eigenvalue weighted by Crippen LogP contribution is 2.31. The van der Waals surface area contributed by atoms with Gasteiger partial charge in [0.2, 0.25) is 0 Å². The zero-order valence-electron chi connectivity index (χ0n) is 10.5. The van der Waals surface area contributed by atoms with Crippen LogP contribution in [0.25, 0.3) is 10.8 Å². The topological polar surface area (TPSA) is 51.4 Å². The average molecular weight is 243 g/mol. The Morgan fingerprint density at radius 3 is 2.78 bits per heavy atom. The molecule has 0 bridgehead atoms. The molecule has 4 heteroatoms. The first-order valence-electron chi connectivity index (χ1n) is 6.23. The minimum absolute atomic E-state index is 0.787. The van der Waals surface area contributed by atoms with Crippen LogP contribution in [0.5, 0.6) is 0 Å². The summed E-state index contributed by atoms with van der Waals surface area (Å²) in [6.45, 7) is 5.44. The first-order chi connectivity index (χ1) is 8.75. The van der Waals surface area contributed by atoms with E-state index in [0.717, 1.165) is 43.1 Å². The molecule has 1 aromatic carbocycles. The SMILES string of the molecule is Cc1cc2c(N3CCOCC3)ccc(N)c2cn1. The summed E-state index contributed by atoms with van der Waals surface area (Å²) in [5.41, 5.74) is 9.05. The summed E-state index contributed by atoms with van der Waals surface area (Å²) in [5, 5.41) is 2.22. The number of pyridine rings is 1. The van der Waals surface area contributed by atoms with Gasteiger partial charge in [-0.1, -0.05) is 0 Å². The molecule has 0 aliphatic carbocycles. The first kappa shape index (κ1) is 11.3. The van der Waals surface area contributed by atoms with Gasteiger partial charge in [0.15, 0.2) is 0 Å². The number of nitrogens with zero attached hydrogens (tertiary/aromatic N) is 2. The van der Waals surface area contributed by atoms with Crippen LogP contribution in [0.2, 0.25) is 0 Å². The molecule has 0 unspecified atom stereocenters. The number of benzene rings is 1. The fourth-order valence-corrected chi connectivity index (χ4v) is 2.43. The fourth-order valence-electron chi connectivity index (χ4n) is 2.43. The molecule has 94 valence electrons. The Morgan fingerprint density at radius 2 is 2.00 bits per heavy atom. The van der Waals surface area contributed by atoms with Crippen molar-refractivity contribution in [3.8, 4) is 0 Å². The summed E-state index contributed by atoms with van der Waals surface area (Å²) in [6, 6.07) is 6.17. The van der Waals surface area contributed by atoms with Crippen LogP contribution in [0.4, 0.5) is 11.4 Å². The van der Waals surface area contributed by atoms with Gasteiger partial charge in [-0.3, -0.25) is 4.98 Å². The Bertz CT molecular complexity index is 577. The van der Waals surface area contributed by atoms with E-state index >= 15 is 0 Å². The summed E-state index contributed by atoms with van der Waals surface area (Å²) < 4.78 is 5.40. The highest BCUT2D eigenvalue weighted by molar-refractivity contribution is 6.01. The third kappa shape index (κ3) is 1.88. The van der Waals surface area contributed by atoms with E-state index in [2.05, 4.69) is 22.0 Å². The summed E-state index contributed by atoms with van der Waals surface area (Å²) in [5.74, 6) is 0. The number of anilines is 2. The summed E-state index contributed by atoms with van der Waals surface area (Å²) in [7, 11) is 0. The third-order valence-electron chi connectivity index (χ3n) is 3.40. The number of nitrogen functional groups attached to an aromatic ring is 1. The fraction of sp³-hybridized carbons (Fsp3) is 0.357. The van der Waals surface area contributed by atoms with Crippen LogP contribution in [-0.2, 0) is 4.74 Å². The maximum Gasteiger partial charge on any atom is 0.0642 e. The predicted octanol–water partition coefficient (Wildman–Crippen LogP) is 1.96. The van der Waals surface area contributed by atoms with Gasteiger partial charge in [0, 0.05) is 47.1 Å². The highest BCUT2D eigenvalue weighted by Gasteiger charge is 2.14. The van der Waals surface area contributed by atoms with E-state index in [1.54, 1.807) is 0 Å². The largest absolute Gasteiger partial charge is 0.398 e. The van der Waals surface area contributed by atoms with Crippen molar-refractivity contribution in [2.75, 3.05) is 36.9 Å². The molecular formula is C14H17N3O. The molecule has 0 atom stereocenters. The van der Waals surface area contributed by atoms with Crippen LogP contribution in [0, 0.1) is 6.92 Å². The number of rotatable bonds is 1. The number of morpholine rings is 1. The van der Waals surface area contributed by atoms with Crippen LogP contribution in [0.3, 0.4) is 0 Å². The number of nitrogens with two attached hydrogens (primary N) is 1. The standard InChI is InChI=1S/C14H17N3O/c1-10-8-11-12(9-16-10)13(15)2-3-14(11)17-4-6-18-7-5-17/h2-3,8-9H,4-7,15H2,1H3.